The van der Waals surface area contributed by atoms with Gasteiger partial charge in [0.15, 0.2) is 24.6 Å². The van der Waals surface area contributed by atoms with Crippen molar-refractivity contribution in [3.05, 3.63) is 12.7 Å². The van der Waals surface area contributed by atoms with E-state index in [2.05, 4.69) is 6.58 Å². The third-order valence-corrected chi connectivity index (χ3v) is 3.33. The monoisotopic (exact) mass is 388 g/mol. The topological polar surface area (TPSA) is 124 Å². The lowest BCUT2D eigenvalue weighted by atomic mass is 9.98. The summed E-state index contributed by atoms with van der Waals surface area (Å²) in [5.41, 5.74) is 0. The third-order valence-electron chi connectivity index (χ3n) is 3.33. The number of carbonyl (C=O) groups excluding carboxylic acids is 4. The molecule has 1 fully saturated rings. The van der Waals surface area contributed by atoms with E-state index in [4.69, 9.17) is 28.4 Å². The van der Waals surface area contributed by atoms with E-state index >= 15 is 0 Å². The number of esters is 4. The largest absolute Gasteiger partial charge is 0.463 e. The molecule has 0 N–H and O–H groups in total. The molecule has 1 heterocycles. The van der Waals surface area contributed by atoms with Gasteiger partial charge < -0.3 is 28.4 Å². The molecular weight excluding hydrogens is 364 g/mol. The van der Waals surface area contributed by atoms with E-state index in [9.17, 15) is 19.2 Å². The van der Waals surface area contributed by atoms with E-state index in [1.165, 1.54) is 13.0 Å². The van der Waals surface area contributed by atoms with Crippen LogP contribution < -0.4 is 0 Å². The van der Waals surface area contributed by atoms with Crippen molar-refractivity contribution in [2.45, 2.75) is 58.4 Å². The lowest BCUT2D eigenvalue weighted by molar-refractivity contribution is -0.305. The Morgan fingerprint density at radius 1 is 0.852 bits per heavy atom. The fourth-order valence-electron chi connectivity index (χ4n) is 2.49. The molecule has 0 aliphatic carbocycles. The highest BCUT2D eigenvalue weighted by atomic mass is 16.7. The maximum absolute atomic E-state index is 11.6. The number of hydrogen-bond acceptors (Lipinski definition) is 10. The van der Waals surface area contributed by atoms with Crippen LogP contribution in [0.5, 0.6) is 0 Å². The SMILES string of the molecule is C=CCO[C@@H]1O[C@@H](COC(C)=O)[C@H](OC(C)=O)[C@@H](OC(C)=O)[C@@H]1OC(C)=O. The maximum Gasteiger partial charge on any atom is 0.303 e. The second kappa shape index (κ2) is 10.6. The number of carbonyl (C=O) groups is 4. The van der Waals surface area contributed by atoms with Crippen LogP contribution in [0.3, 0.4) is 0 Å². The molecule has 1 rings (SSSR count). The fraction of sp³-hybridized carbons (Fsp3) is 0.647. The summed E-state index contributed by atoms with van der Waals surface area (Å²) in [4.78, 5) is 45.8. The zero-order valence-corrected chi connectivity index (χ0v) is 15.7. The Balaban J connectivity index is 3.24. The summed E-state index contributed by atoms with van der Waals surface area (Å²) in [5.74, 6) is -2.67. The quantitative estimate of drug-likeness (QED) is 0.325. The summed E-state index contributed by atoms with van der Waals surface area (Å²) in [7, 11) is 0. The third kappa shape index (κ3) is 7.35. The fourth-order valence-corrected chi connectivity index (χ4v) is 2.49. The Bertz CT molecular complexity index is 572. The molecule has 152 valence electrons. The molecule has 0 unspecified atom stereocenters. The Kier molecular flexibility index (Phi) is 8.89. The summed E-state index contributed by atoms with van der Waals surface area (Å²) < 4.78 is 31.7. The highest BCUT2D eigenvalue weighted by Gasteiger charge is 2.52. The summed E-state index contributed by atoms with van der Waals surface area (Å²) in [6.07, 6.45) is -4.41. The zero-order chi connectivity index (χ0) is 20.6. The van der Waals surface area contributed by atoms with Crippen LogP contribution in [0, 0.1) is 0 Å². The van der Waals surface area contributed by atoms with Crippen LogP contribution in [0.1, 0.15) is 27.7 Å². The first-order chi connectivity index (χ1) is 12.6. The van der Waals surface area contributed by atoms with Gasteiger partial charge in [-0.15, -0.1) is 6.58 Å². The van der Waals surface area contributed by atoms with Gasteiger partial charge in [-0.05, 0) is 0 Å². The molecule has 1 saturated heterocycles. The number of hydrogen-bond donors (Lipinski definition) is 0. The van der Waals surface area contributed by atoms with Gasteiger partial charge in [-0.25, -0.2) is 0 Å². The minimum absolute atomic E-state index is 0.0355. The van der Waals surface area contributed by atoms with Crippen LogP contribution in [0.25, 0.3) is 0 Å². The van der Waals surface area contributed by atoms with E-state index in [-0.39, 0.29) is 13.2 Å². The van der Waals surface area contributed by atoms with Gasteiger partial charge in [-0.3, -0.25) is 19.2 Å². The minimum atomic E-state index is -1.24. The van der Waals surface area contributed by atoms with E-state index in [0.717, 1.165) is 20.8 Å². The molecule has 0 aromatic rings. The number of ether oxygens (including phenoxy) is 6. The first-order valence-electron chi connectivity index (χ1n) is 8.18. The van der Waals surface area contributed by atoms with Gasteiger partial charge in [0, 0.05) is 27.7 Å². The summed E-state index contributed by atoms with van der Waals surface area (Å²) in [6, 6.07) is 0. The van der Waals surface area contributed by atoms with Crippen molar-refractivity contribution in [3.63, 3.8) is 0 Å². The molecule has 0 radical (unpaired) electrons. The van der Waals surface area contributed by atoms with Crippen molar-refractivity contribution < 1.29 is 47.6 Å². The summed E-state index contributed by atoms with van der Waals surface area (Å²) in [5, 5.41) is 0. The van der Waals surface area contributed by atoms with Crippen molar-refractivity contribution in [1.82, 2.24) is 0 Å². The molecule has 0 spiro atoms. The molecule has 27 heavy (non-hydrogen) atoms. The molecule has 5 atom stereocenters. The van der Waals surface area contributed by atoms with Crippen LogP contribution in [-0.4, -0.2) is 67.8 Å². The minimum Gasteiger partial charge on any atom is -0.463 e. The molecule has 10 heteroatoms. The molecular formula is C17H24O10. The van der Waals surface area contributed by atoms with Crippen LogP contribution in [-0.2, 0) is 47.6 Å². The molecule has 0 amide bonds. The first kappa shape index (κ1) is 22.6. The summed E-state index contributed by atoms with van der Waals surface area (Å²) >= 11 is 0. The smallest absolute Gasteiger partial charge is 0.303 e. The number of rotatable bonds is 8. The Morgan fingerprint density at radius 2 is 1.37 bits per heavy atom. The van der Waals surface area contributed by atoms with Gasteiger partial charge >= 0.3 is 23.9 Å². The average molecular weight is 388 g/mol. The van der Waals surface area contributed by atoms with Crippen LogP contribution in [0.15, 0.2) is 12.7 Å². The normalized spacial score (nSPS) is 27.2. The van der Waals surface area contributed by atoms with Crippen molar-refractivity contribution in [2.24, 2.45) is 0 Å². The van der Waals surface area contributed by atoms with Crippen molar-refractivity contribution in [2.75, 3.05) is 13.2 Å². The van der Waals surface area contributed by atoms with Gasteiger partial charge in [0.2, 0.25) is 0 Å². The maximum atomic E-state index is 11.6. The second-order valence-corrected chi connectivity index (χ2v) is 5.69. The van der Waals surface area contributed by atoms with Crippen molar-refractivity contribution >= 4 is 23.9 Å². The van der Waals surface area contributed by atoms with Crippen LogP contribution >= 0.6 is 0 Å². The molecule has 1 aliphatic rings. The standard InChI is InChI=1S/C17H24O10/c1-6-7-22-17-16(26-12(5)21)15(25-11(4)20)14(24-10(3)19)13(27-17)8-23-9(2)18/h6,13-17H,1,7-8H2,2-5H3/t13-,14-,15+,16-,17+/m0/s1. The molecule has 10 nitrogen and oxygen atoms in total. The Hall–Kier alpha value is -2.46. The highest BCUT2D eigenvalue weighted by Crippen LogP contribution is 2.29. The Labute approximate surface area is 156 Å². The van der Waals surface area contributed by atoms with Crippen molar-refractivity contribution in [3.8, 4) is 0 Å². The Morgan fingerprint density at radius 3 is 1.85 bits per heavy atom. The van der Waals surface area contributed by atoms with Crippen LogP contribution in [0.2, 0.25) is 0 Å². The molecule has 0 bridgehead atoms. The second-order valence-electron chi connectivity index (χ2n) is 5.69. The zero-order valence-electron chi connectivity index (χ0n) is 15.7. The van der Waals surface area contributed by atoms with Crippen molar-refractivity contribution in [1.29, 1.82) is 0 Å². The van der Waals surface area contributed by atoms with E-state index < -0.39 is 54.6 Å². The average Bonchev–Trinajstić information content (AvgIpc) is 2.54. The van der Waals surface area contributed by atoms with Crippen LogP contribution in [0.4, 0.5) is 0 Å². The lowest BCUT2D eigenvalue weighted by Gasteiger charge is -2.43. The molecule has 0 aromatic heterocycles. The van der Waals surface area contributed by atoms with E-state index in [1.54, 1.807) is 0 Å². The first-order valence-corrected chi connectivity index (χ1v) is 8.18. The molecule has 0 aromatic carbocycles. The van der Waals surface area contributed by atoms with Gasteiger partial charge in [0.05, 0.1) is 6.61 Å². The van der Waals surface area contributed by atoms with E-state index in [0.29, 0.717) is 0 Å². The predicted molar refractivity (Wildman–Crippen MR) is 88.1 cm³/mol. The highest BCUT2D eigenvalue weighted by molar-refractivity contribution is 5.68. The van der Waals surface area contributed by atoms with Gasteiger partial charge in [-0.1, -0.05) is 6.08 Å². The van der Waals surface area contributed by atoms with E-state index in [1.807, 2.05) is 0 Å². The lowest BCUT2D eigenvalue weighted by Crippen LogP contribution is -2.62. The molecule has 0 saturated carbocycles. The predicted octanol–water partition coefficient (Wildman–Crippen LogP) is 0.272. The summed E-state index contributed by atoms with van der Waals surface area (Å²) in [6.45, 7) is 7.90. The van der Waals surface area contributed by atoms with Gasteiger partial charge in [-0.2, -0.15) is 0 Å². The van der Waals surface area contributed by atoms with Gasteiger partial charge in [0.1, 0.15) is 12.7 Å². The molecule has 1 aliphatic heterocycles. The van der Waals surface area contributed by atoms with Gasteiger partial charge in [0.25, 0.3) is 0 Å².